The highest BCUT2D eigenvalue weighted by atomic mass is 35.5. The van der Waals surface area contributed by atoms with E-state index in [0.29, 0.717) is 39.5 Å². The summed E-state index contributed by atoms with van der Waals surface area (Å²) in [6, 6.07) is 6.90. The van der Waals surface area contributed by atoms with Gasteiger partial charge in [-0.3, -0.25) is 14.9 Å². The van der Waals surface area contributed by atoms with E-state index < -0.39 is 5.97 Å². The van der Waals surface area contributed by atoms with Crippen molar-refractivity contribution in [3.05, 3.63) is 63.2 Å². The molecule has 0 unspecified atom stereocenters. The Labute approximate surface area is 148 Å². The Morgan fingerprint density at radius 3 is 2.76 bits per heavy atom. The Kier molecular flexibility index (Phi) is 4.72. The van der Waals surface area contributed by atoms with Crippen molar-refractivity contribution in [3.63, 3.8) is 0 Å². The van der Waals surface area contributed by atoms with Crippen molar-refractivity contribution in [3.8, 4) is 5.69 Å². The van der Waals surface area contributed by atoms with E-state index in [-0.39, 0.29) is 5.56 Å². The van der Waals surface area contributed by atoms with Crippen molar-refractivity contribution >= 4 is 34.5 Å². The highest BCUT2D eigenvalue weighted by molar-refractivity contribution is 6.30. The number of hydrogen-bond donors (Lipinski definition) is 1. The highest BCUT2D eigenvalue weighted by Crippen LogP contribution is 2.20. The van der Waals surface area contributed by atoms with Gasteiger partial charge >= 0.3 is 5.97 Å². The van der Waals surface area contributed by atoms with Crippen LogP contribution in [0.15, 0.2) is 41.3 Å². The predicted molar refractivity (Wildman–Crippen MR) is 97.1 cm³/mol. The molecule has 1 aromatic carbocycles. The van der Waals surface area contributed by atoms with Gasteiger partial charge in [-0.2, -0.15) is 0 Å². The number of carbonyl (C=O) groups excluding carboxylic acids is 1. The molecule has 0 spiro atoms. The molecule has 0 aliphatic carbocycles. The van der Waals surface area contributed by atoms with E-state index in [1.54, 1.807) is 37.3 Å². The summed E-state index contributed by atoms with van der Waals surface area (Å²) in [4.78, 5) is 28.5. The summed E-state index contributed by atoms with van der Waals surface area (Å²) in [7, 11) is 0. The lowest BCUT2D eigenvalue weighted by atomic mass is 10.1. The summed E-state index contributed by atoms with van der Waals surface area (Å²) >= 11 is 5.90. The fourth-order valence-electron chi connectivity index (χ4n) is 2.50. The number of esters is 1. The Hall–Kier alpha value is -2.86. The fourth-order valence-corrected chi connectivity index (χ4v) is 2.63. The summed E-state index contributed by atoms with van der Waals surface area (Å²) in [6.07, 6.45) is 4.45. The van der Waals surface area contributed by atoms with Crippen molar-refractivity contribution < 1.29 is 9.53 Å². The van der Waals surface area contributed by atoms with E-state index >= 15 is 0 Å². The number of H-pyrrole nitrogens is 1. The zero-order valence-corrected chi connectivity index (χ0v) is 14.5. The molecule has 0 aliphatic rings. The van der Waals surface area contributed by atoms with Gasteiger partial charge < -0.3 is 4.74 Å². The largest absolute Gasteiger partial charge is 0.463 e. The minimum Gasteiger partial charge on any atom is -0.463 e. The van der Waals surface area contributed by atoms with Crippen LogP contribution >= 0.6 is 11.6 Å². The number of carbonyl (C=O) groups is 1. The molecule has 25 heavy (non-hydrogen) atoms. The van der Waals surface area contributed by atoms with Crippen LogP contribution in [0.3, 0.4) is 0 Å². The Balaban J connectivity index is 2.14. The van der Waals surface area contributed by atoms with Crippen LogP contribution in [0.4, 0.5) is 0 Å². The number of aryl methyl sites for hydroxylation is 1. The van der Waals surface area contributed by atoms with E-state index in [1.165, 1.54) is 17.0 Å². The molecular weight excluding hydrogens is 342 g/mol. The predicted octanol–water partition coefficient (Wildman–Crippen LogP) is 3.25. The van der Waals surface area contributed by atoms with E-state index in [0.717, 1.165) is 0 Å². The lowest BCUT2D eigenvalue weighted by Gasteiger charge is -2.02. The molecule has 6 nitrogen and oxygen atoms in total. The van der Waals surface area contributed by atoms with Gasteiger partial charge in [-0.15, -0.1) is 0 Å². The molecule has 3 rings (SSSR count). The Morgan fingerprint density at radius 1 is 1.36 bits per heavy atom. The van der Waals surface area contributed by atoms with Crippen LogP contribution in [0.5, 0.6) is 0 Å². The van der Waals surface area contributed by atoms with Crippen molar-refractivity contribution in [2.24, 2.45) is 0 Å². The Bertz CT molecular complexity index is 1020. The zero-order valence-electron chi connectivity index (χ0n) is 13.7. The molecule has 0 fully saturated rings. The van der Waals surface area contributed by atoms with Gasteiger partial charge in [0.05, 0.1) is 23.2 Å². The third-order valence-electron chi connectivity index (χ3n) is 3.73. The summed E-state index contributed by atoms with van der Waals surface area (Å²) in [6.45, 7) is 3.85. The van der Waals surface area contributed by atoms with Crippen LogP contribution in [0.1, 0.15) is 18.2 Å². The third-order valence-corrected chi connectivity index (χ3v) is 3.98. The number of aromatic nitrogens is 3. The van der Waals surface area contributed by atoms with Crippen LogP contribution in [0.2, 0.25) is 5.02 Å². The molecule has 0 saturated carbocycles. The first kappa shape index (κ1) is 17.0. The second-order valence-electron chi connectivity index (χ2n) is 5.36. The average Bonchev–Trinajstić information content (AvgIpc) is 2.92. The first-order valence-corrected chi connectivity index (χ1v) is 8.10. The first-order valence-electron chi connectivity index (χ1n) is 7.72. The maximum Gasteiger partial charge on any atom is 0.330 e. The van der Waals surface area contributed by atoms with Gasteiger partial charge in [-0.1, -0.05) is 11.6 Å². The number of nitrogens with zero attached hydrogens (tertiary/aromatic N) is 2. The quantitative estimate of drug-likeness (QED) is 0.574. The molecule has 2 aromatic heterocycles. The number of benzene rings is 1. The molecular formula is C18H16ClN3O3. The highest BCUT2D eigenvalue weighted by Gasteiger charge is 2.13. The molecule has 0 amide bonds. The summed E-state index contributed by atoms with van der Waals surface area (Å²) in [5.41, 5.74) is 2.39. The minimum absolute atomic E-state index is 0.226. The second-order valence-corrected chi connectivity index (χ2v) is 5.80. The average molecular weight is 358 g/mol. The van der Waals surface area contributed by atoms with Crippen molar-refractivity contribution in [1.82, 2.24) is 14.8 Å². The number of fused-ring (bicyclic) bond motifs is 1. The van der Waals surface area contributed by atoms with E-state index in [4.69, 9.17) is 16.3 Å². The minimum atomic E-state index is -0.446. The number of pyridine rings is 1. The van der Waals surface area contributed by atoms with Gasteiger partial charge in [0.15, 0.2) is 0 Å². The van der Waals surface area contributed by atoms with Crippen LogP contribution in [0.25, 0.3) is 22.7 Å². The molecule has 0 aliphatic heterocycles. The van der Waals surface area contributed by atoms with E-state index in [9.17, 15) is 9.59 Å². The van der Waals surface area contributed by atoms with E-state index in [2.05, 4.69) is 10.1 Å². The first-order chi connectivity index (χ1) is 12.0. The second kappa shape index (κ2) is 6.94. The van der Waals surface area contributed by atoms with Crippen LogP contribution in [-0.4, -0.2) is 27.3 Å². The molecule has 2 heterocycles. The number of rotatable bonds is 4. The van der Waals surface area contributed by atoms with Gasteiger partial charge in [0.1, 0.15) is 0 Å². The SMILES string of the molecule is CCOC(=O)C=Cc1c(C)ncc2c(=O)n(-c3ccc(Cl)cc3)[nH]c12. The van der Waals surface area contributed by atoms with Gasteiger partial charge in [0.25, 0.3) is 5.56 Å². The smallest absolute Gasteiger partial charge is 0.330 e. The van der Waals surface area contributed by atoms with Gasteiger partial charge in [-0.25, -0.2) is 9.48 Å². The Morgan fingerprint density at radius 2 is 2.08 bits per heavy atom. The lowest BCUT2D eigenvalue weighted by molar-refractivity contribution is -0.137. The van der Waals surface area contributed by atoms with Crippen molar-refractivity contribution in [1.29, 1.82) is 0 Å². The standard InChI is InChI=1S/C18H16ClN3O3/c1-3-25-16(23)9-8-14-11(2)20-10-15-17(14)21-22(18(15)24)13-6-4-12(19)5-7-13/h4-10,21H,3H2,1-2H3. The van der Waals surface area contributed by atoms with Gasteiger partial charge in [0, 0.05) is 28.6 Å². The third kappa shape index (κ3) is 3.34. The van der Waals surface area contributed by atoms with Crippen LogP contribution < -0.4 is 5.56 Å². The van der Waals surface area contributed by atoms with Crippen molar-refractivity contribution in [2.45, 2.75) is 13.8 Å². The summed E-state index contributed by atoms with van der Waals surface area (Å²) < 4.78 is 6.31. The molecule has 3 aromatic rings. The maximum atomic E-state index is 12.7. The van der Waals surface area contributed by atoms with Gasteiger partial charge in [0.2, 0.25) is 0 Å². The number of aromatic amines is 1. The summed E-state index contributed by atoms with van der Waals surface area (Å²) in [5, 5.41) is 4.10. The maximum absolute atomic E-state index is 12.7. The van der Waals surface area contributed by atoms with Crippen molar-refractivity contribution in [2.75, 3.05) is 6.61 Å². The number of ether oxygens (including phenoxy) is 1. The molecule has 0 saturated heterocycles. The molecule has 1 N–H and O–H groups in total. The molecule has 7 heteroatoms. The molecule has 0 atom stereocenters. The van der Waals surface area contributed by atoms with Crippen LogP contribution in [0, 0.1) is 6.92 Å². The topological polar surface area (TPSA) is 77.0 Å². The molecule has 128 valence electrons. The number of halogens is 1. The molecule has 0 bridgehead atoms. The normalized spacial score (nSPS) is 11.3. The fraction of sp³-hybridized carbons (Fsp3) is 0.167. The summed E-state index contributed by atoms with van der Waals surface area (Å²) in [5.74, 6) is -0.446. The van der Waals surface area contributed by atoms with E-state index in [1.807, 2.05) is 6.92 Å². The number of hydrogen-bond acceptors (Lipinski definition) is 4. The van der Waals surface area contributed by atoms with Crippen LogP contribution in [-0.2, 0) is 9.53 Å². The van der Waals surface area contributed by atoms with Gasteiger partial charge in [-0.05, 0) is 44.2 Å². The zero-order chi connectivity index (χ0) is 18.0. The number of nitrogens with one attached hydrogen (secondary N) is 1. The molecule has 0 radical (unpaired) electrons. The lowest BCUT2D eigenvalue weighted by Crippen LogP contribution is -2.14. The monoisotopic (exact) mass is 357 g/mol.